The zero-order chi connectivity index (χ0) is 17.2. The quantitative estimate of drug-likeness (QED) is 0.919. The molecule has 8 nitrogen and oxygen atoms in total. The van der Waals surface area contributed by atoms with Gasteiger partial charge in [-0.15, -0.1) is 0 Å². The van der Waals surface area contributed by atoms with Gasteiger partial charge in [0.15, 0.2) is 11.5 Å². The molecule has 25 heavy (non-hydrogen) atoms. The summed E-state index contributed by atoms with van der Waals surface area (Å²) in [7, 11) is 0. The number of carbonyl (C=O) groups is 1. The van der Waals surface area contributed by atoms with Crippen LogP contribution in [0.3, 0.4) is 0 Å². The van der Waals surface area contributed by atoms with E-state index in [1.165, 1.54) is 0 Å². The lowest BCUT2D eigenvalue weighted by atomic mass is 10.2. The van der Waals surface area contributed by atoms with E-state index in [0.29, 0.717) is 41.7 Å². The largest absolute Gasteiger partial charge is 0.470 e. The number of hydrogen-bond acceptors (Lipinski definition) is 6. The second-order valence-corrected chi connectivity index (χ2v) is 5.61. The minimum atomic E-state index is -0.222. The van der Waals surface area contributed by atoms with Crippen molar-refractivity contribution in [2.45, 2.75) is 6.10 Å². The third-order valence-electron chi connectivity index (χ3n) is 3.93. The molecule has 126 valence electrons. The summed E-state index contributed by atoms with van der Waals surface area (Å²) in [4.78, 5) is 17.9. The lowest BCUT2D eigenvalue weighted by Gasteiger charge is -2.38. The number of pyridine rings is 1. The summed E-state index contributed by atoms with van der Waals surface area (Å²) in [5, 5.41) is 11.8. The molecule has 1 saturated heterocycles. The van der Waals surface area contributed by atoms with Gasteiger partial charge in [-0.2, -0.15) is 5.26 Å². The molecular formula is C17H14N4O4. The van der Waals surface area contributed by atoms with Crippen molar-refractivity contribution in [3.63, 3.8) is 0 Å². The molecule has 0 saturated carbocycles. The zero-order valence-corrected chi connectivity index (χ0v) is 13.1. The van der Waals surface area contributed by atoms with E-state index in [-0.39, 0.29) is 18.9 Å². The highest BCUT2D eigenvalue weighted by Gasteiger charge is 2.33. The molecule has 1 fully saturated rings. The summed E-state index contributed by atoms with van der Waals surface area (Å²) < 4.78 is 16.2. The molecule has 2 amide bonds. The first-order chi connectivity index (χ1) is 12.2. The minimum absolute atomic E-state index is 0.176. The summed E-state index contributed by atoms with van der Waals surface area (Å²) >= 11 is 0. The third kappa shape index (κ3) is 2.99. The van der Waals surface area contributed by atoms with Crippen LogP contribution in [0.1, 0.15) is 5.56 Å². The first-order valence-corrected chi connectivity index (χ1v) is 7.70. The van der Waals surface area contributed by atoms with E-state index in [1.54, 1.807) is 41.4 Å². The van der Waals surface area contributed by atoms with Crippen molar-refractivity contribution >= 4 is 11.7 Å². The lowest BCUT2D eigenvalue weighted by Crippen LogP contribution is -2.57. The fourth-order valence-corrected chi connectivity index (χ4v) is 2.58. The Hall–Kier alpha value is -3.47. The highest BCUT2D eigenvalue weighted by Crippen LogP contribution is 2.34. The van der Waals surface area contributed by atoms with Crippen molar-refractivity contribution in [2.24, 2.45) is 0 Å². The molecule has 0 unspecified atom stereocenters. The van der Waals surface area contributed by atoms with Gasteiger partial charge in [0.1, 0.15) is 17.7 Å². The molecule has 0 radical (unpaired) electrons. The number of ether oxygens (including phenoxy) is 3. The molecule has 2 aliphatic rings. The van der Waals surface area contributed by atoms with Crippen molar-refractivity contribution in [1.29, 1.82) is 5.26 Å². The molecule has 2 aromatic rings. The Labute approximate surface area is 143 Å². The molecule has 4 rings (SSSR count). The van der Waals surface area contributed by atoms with E-state index in [1.807, 2.05) is 6.07 Å². The van der Waals surface area contributed by atoms with Crippen LogP contribution in [0, 0.1) is 11.3 Å². The van der Waals surface area contributed by atoms with E-state index in [4.69, 9.17) is 19.5 Å². The minimum Gasteiger partial charge on any atom is -0.470 e. The second-order valence-electron chi connectivity index (χ2n) is 5.61. The van der Waals surface area contributed by atoms with Crippen LogP contribution < -0.4 is 19.5 Å². The summed E-state index contributed by atoms with van der Waals surface area (Å²) in [6.07, 6.45) is 1.39. The molecule has 8 heteroatoms. The maximum Gasteiger partial charge on any atom is 0.322 e. The maximum atomic E-state index is 12.2. The molecule has 0 spiro atoms. The van der Waals surface area contributed by atoms with E-state index in [2.05, 4.69) is 10.3 Å². The van der Waals surface area contributed by atoms with Crippen molar-refractivity contribution in [2.75, 3.05) is 25.2 Å². The number of anilines is 1. The zero-order valence-electron chi connectivity index (χ0n) is 13.1. The SMILES string of the molecule is N#Cc1cccnc1OC1CN(C(=O)Nc2ccc3c(c2)OCO3)C1. The molecule has 0 aliphatic carbocycles. The van der Waals surface area contributed by atoms with Crippen LogP contribution in [-0.2, 0) is 0 Å². The number of rotatable bonds is 3. The van der Waals surface area contributed by atoms with Crippen LogP contribution in [0.15, 0.2) is 36.5 Å². The monoisotopic (exact) mass is 338 g/mol. The molecule has 2 aliphatic heterocycles. The first kappa shape index (κ1) is 15.1. The van der Waals surface area contributed by atoms with Gasteiger partial charge in [0.25, 0.3) is 0 Å². The number of urea groups is 1. The van der Waals surface area contributed by atoms with Crippen LogP contribution in [0.4, 0.5) is 10.5 Å². The van der Waals surface area contributed by atoms with Crippen LogP contribution in [-0.4, -0.2) is 41.9 Å². The number of nitrogens with one attached hydrogen (secondary N) is 1. The van der Waals surface area contributed by atoms with E-state index < -0.39 is 0 Å². The lowest BCUT2D eigenvalue weighted by molar-refractivity contribution is 0.0459. The molecular weight excluding hydrogens is 324 g/mol. The van der Waals surface area contributed by atoms with Gasteiger partial charge in [-0.1, -0.05) is 0 Å². The fourth-order valence-electron chi connectivity index (χ4n) is 2.58. The van der Waals surface area contributed by atoms with E-state index >= 15 is 0 Å². The predicted octanol–water partition coefficient (Wildman–Crippen LogP) is 1.98. The van der Waals surface area contributed by atoms with Crippen molar-refractivity contribution in [1.82, 2.24) is 9.88 Å². The third-order valence-corrected chi connectivity index (χ3v) is 3.93. The van der Waals surface area contributed by atoms with Gasteiger partial charge in [-0.05, 0) is 24.3 Å². The standard InChI is InChI=1S/C17H14N4O4/c18-7-11-2-1-5-19-16(11)25-13-8-21(9-13)17(22)20-12-3-4-14-15(6-12)24-10-23-14/h1-6,13H,8-10H2,(H,20,22). The van der Waals surface area contributed by atoms with Crippen LogP contribution in [0.2, 0.25) is 0 Å². The average Bonchev–Trinajstić information content (AvgIpc) is 3.05. The number of nitriles is 1. The van der Waals surface area contributed by atoms with Gasteiger partial charge in [-0.25, -0.2) is 9.78 Å². The van der Waals surface area contributed by atoms with Gasteiger partial charge < -0.3 is 24.4 Å². The molecule has 0 atom stereocenters. The predicted molar refractivity (Wildman–Crippen MR) is 86.5 cm³/mol. The summed E-state index contributed by atoms with van der Waals surface area (Å²) in [5.74, 6) is 1.58. The maximum absolute atomic E-state index is 12.2. The number of hydrogen-bond donors (Lipinski definition) is 1. The topological polar surface area (TPSA) is 96.7 Å². The van der Waals surface area contributed by atoms with E-state index in [0.717, 1.165) is 0 Å². The average molecular weight is 338 g/mol. The number of nitrogens with zero attached hydrogens (tertiary/aromatic N) is 3. The Morgan fingerprint density at radius 1 is 1.32 bits per heavy atom. The van der Waals surface area contributed by atoms with Gasteiger partial charge in [0, 0.05) is 18.0 Å². The Kier molecular flexibility index (Phi) is 3.74. The van der Waals surface area contributed by atoms with Gasteiger partial charge >= 0.3 is 6.03 Å². The normalized spacial score (nSPS) is 15.2. The number of likely N-dealkylation sites (tertiary alicyclic amines) is 1. The molecule has 1 aromatic carbocycles. The first-order valence-electron chi connectivity index (χ1n) is 7.70. The van der Waals surface area contributed by atoms with Gasteiger partial charge in [-0.3, -0.25) is 0 Å². The van der Waals surface area contributed by atoms with Crippen molar-refractivity contribution in [3.8, 4) is 23.4 Å². The van der Waals surface area contributed by atoms with Crippen LogP contribution in [0.25, 0.3) is 0 Å². The molecule has 3 heterocycles. The van der Waals surface area contributed by atoms with Crippen molar-refractivity contribution < 1.29 is 19.0 Å². The highest BCUT2D eigenvalue weighted by molar-refractivity contribution is 5.90. The number of carbonyl (C=O) groups excluding carboxylic acids is 1. The number of benzene rings is 1. The number of fused-ring (bicyclic) bond motifs is 1. The smallest absolute Gasteiger partial charge is 0.322 e. The number of amides is 2. The number of aromatic nitrogens is 1. The summed E-state index contributed by atoms with van der Waals surface area (Å²) in [6, 6.07) is 10.4. The molecule has 1 aromatic heterocycles. The molecule has 1 N–H and O–H groups in total. The van der Waals surface area contributed by atoms with Crippen molar-refractivity contribution in [3.05, 3.63) is 42.1 Å². The van der Waals surface area contributed by atoms with Gasteiger partial charge in [0.2, 0.25) is 12.7 Å². The molecule has 0 bridgehead atoms. The van der Waals surface area contributed by atoms with Gasteiger partial charge in [0.05, 0.1) is 13.1 Å². The van der Waals surface area contributed by atoms with Crippen LogP contribution in [0.5, 0.6) is 17.4 Å². The van der Waals surface area contributed by atoms with Crippen LogP contribution >= 0.6 is 0 Å². The Balaban J connectivity index is 1.31. The summed E-state index contributed by atoms with van der Waals surface area (Å²) in [5.41, 5.74) is 1.01. The Bertz CT molecular complexity index is 858. The second kappa shape index (κ2) is 6.20. The highest BCUT2D eigenvalue weighted by atomic mass is 16.7. The Morgan fingerprint density at radius 2 is 2.16 bits per heavy atom. The fraction of sp³-hybridized carbons (Fsp3) is 0.235. The Morgan fingerprint density at radius 3 is 3.00 bits per heavy atom. The summed E-state index contributed by atoms with van der Waals surface area (Å²) in [6.45, 7) is 1.05. The van der Waals surface area contributed by atoms with E-state index in [9.17, 15) is 4.79 Å².